The number of rotatable bonds is 5. The molecule has 0 N–H and O–H groups in total. The second-order valence-corrected chi connectivity index (χ2v) is 8.92. The van der Waals surface area contributed by atoms with Gasteiger partial charge in [-0.2, -0.15) is 4.31 Å². The van der Waals surface area contributed by atoms with E-state index in [1.54, 1.807) is 0 Å². The highest BCUT2D eigenvalue weighted by molar-refractivity contribution is 7.89. The van der Waals surface area contributed by atoms with Crippen LogP contribution in [-0.4, -0.2) is 19.8 Å². The first-order valence-electron chi connectivity index (χ1n) is 6.33. The highest BCUT2D eigenvalue weighted by Crippen LogP contribution is 2.35. The Labute approximate surface area is 139 Å². The summed E-state index contributed by atoms with van der Waals surface area (Å²) in [6.07, 6.45) is 0.956. The summed E-state index contributed by atoms with van der Waals surface area (Å²) in [7, 11) is -2.10. The van der Waals surface area contributed by atoms with E-state index >= 15 is 0 Å². The third kappa shape index (κ3) is 3.79. The molecule has 1 aromatic carbocycles. The van der Waals surface area contributed by atoms with Gasteiger partial charge in [0, 0.05) is 13.6 Å². The molecule has 114 valence electrons. The number of aryl methyl sites for hydroxylation is 1. The van der Waals surface area contributed by atoms with Crippen LogP contribution >= 0.6 is 34.5 Å². The second kappa shape index (κ2) is 6.67. The molecule has 3 nitrogen and oxygen atoms in total. The van der Waals surface area contributed by atoms with Crippen LogP contribution in [0.2, 0.25) is 8.67 Å². The number of nitrogens with zero attached hydrogens (tertiary/aromatic N) is 1. The fraction of sp³-hybridized carbons (Fsp3) is 0.286. The molecule has 1 aromatic heterocycles. The SMILES string of the molecule is CCc1ccc(CN(C)S(=O)(=O)c2cc(Cl)sc2Cl)cc1. The van der Waals surface area contributed by atoms with Gasteiger partial charge in [0.2, 0.25) is 10.0 Å². The number of thiophene rings is 1. The molecule has 0 atom stereocenters. The Morgan fingerprint density at radius 2 is 1.71 bits per heavy atom. The van der Waals surface area contributed by atoms with Crippen molar-refractivity contribution in [2.75, 3.05) is 7.05 Å². The normalized spacial score (nSPS) is 12.0. The molecule has 2 rings (SSSR count). The summed E-state index contributed by atoms with van der Waals surface area (Å²) < 4.78 is 26.8. The highest BCUT2D eigenvalue weighted by Gasteiger charge is 2.25. The van der Waals surface area contributed by atoms with Crippen LogP contribution in [0, 0.1) is 0 Å². The monoisotopic (exact) mass is 363 g/mol. The molecule has 0 amide bonds. The van der Waals surface area contributed by atoms with Gasteiger partial charge in [-0.3, -0.25) is 0 Å². The summed E-state index contributed by atoms with van der Waals surface area (Å²) >= 11 is 12.8. The van der Waals surface area contributed by atoms with E-state index in [1.165, 1.54) is 23.0 Å². The molecule has 7 heteroatoms. The molecule has 1 heterocycles. The van der Waals surface area contributed by atoms with Crippen molar-refractivity contribution < 1.29 is 8.42 Å². The van der Waals surface area contributed by atoms with Gasteiger partial charge < -0.3 is 0 Å². The average Bonchev–Trinajstić information content (AvgIpc) is 2.79. The molecule has 2 aromatic rings. The van der Waals surface area contributed by atoms with Gasteiger partial charge in [-0.25, -0.2) is 8.42 Å². The van der Waals surface area contributed by atoms with Crippen LogP contribution in [0.5, 0.6) is 0 Å². The van der Waals surface area contributed by atoms with Gasteiger partial charge in [0.05, 0.1) is 4.34 Å². The van der Waals surface area contributed by atoms with E-state index in [0.717, 1.165) is 23.3 Å². The lowest BCUT2D eigenvalue weighted by Gasteiger charge is -2.17. The number of benzene rings is 1. The van der Waals surface area contributed by atoms with E-state index in [-0.39, 0.29) is 15.8 Å². The maximum atomic E-state index is 12.5. The molecule has 21 heavy (non-hydrogen) atoms. The first-order chi connectivity index (χ1) is 9.84. The van der Waals surface area contributed by atoms with Gasteiger partial charge in [-0.1, -0.05) is 54.4 Å². The molecular weight excluding hydrogens is 349 g/mol. The minimum absolute atomic E-state index is 0.0619. The predicted octanol–water partition coefficient (Wildman–Crippen LogP) is 4.44. The molecule has 0 aliphatic rings. The summed E-state index contributed by atoms with van der Waals surface area (Å²) in [5, 5.41) is 0. The number of hydrogen-bond donors (Lipinski definition) is 0. The zero-order valence-electron chi connectivity index (χ0n) is 11.6. The molecule has 0 saturated carbocycles. The zero-order valence-corrected chi connectivity index (χ0v) is 14.8. The lowest BCUT2D eigenvalue weighted by atomic mass is 10.1. The number of sulfonamides is 1. The zero-order chi connectivity index (χ0) is 15.6. The maximum Gasteiger partial charge on any atom is 0.245 e. The quantitative estimate of drug-likeness (QED) is 0.787. The Kier molecular flexibility index (Phi) is 5.33. The molecule has 0 saturated heterocycles. The first kappa shape index (κ1) is 16.8. The second-order valence-electron chi connectivity index (χ2n) is 4.62. The molecule has 0 fully saturated rings. The van der Waals surface area contributed by atoms with E-state index < -0.39 is 10.0 Å². The van der Waals surface area contributed by atoms with Gasteiger partial charge >= 0.3 is 0 Å². The van der Waals surface area contributed by atoms with Crippen LogP contribution in [0.3, 0.4) is 0 Å². The Balaban J connectivity index is 2.22. The van der Waals surface area contributed by atoms with Crippen molar-refractivity contribution in [2.24, 2.45) is 0 Å². The van der Waals surface area contributed by atoms with Crippen molar-refractivity contribution in [1.29, 1.82) is 0 Å². The minimum Gasteiger partial charge on any atom is -0.207 e. The third-order valence-corrected chi connectivity index (χ3v) is 6.71. The lowest BCUT2D eigenvalue weighted by Crippen LogP contribution is -2.26. The standard InChI is InChI=1S/C14H15Cl2NO2S2/c1-3-10-4-6-11(7-5-10)9-17(2)21(18,19)12-8-13(15)20-14(12)16/h4-8H,3,9H2,1-2H3. The minimum atomic E-state index is -3.64. The Hall–Kier alpha value is -0.590. The summed E-state index contributed by atoms with van der Waals surface area (Å²) in [5.74, 6) is 0. The Bertz CT molecular complexity index is 724. The van der Waals surface area contributed by atoms with Gasteiger partial charge in [-0.15, -0.1) is 11.3 Å². The molecule has 0 spiro atoms. The van der Waals surface area contributed by atoms with Crippen LogP contribution in [0.15, 0.2) is 35.2 Å². The summed E-state index contributed by atoms with van der Waals surface area (Å²) in [6, 6.07) is 9.27. The van der Waals surface area contributed by atoms with Crippen molar-refractivity contribution in [3.63, 3.8) is 0 Å². The molecule has 0 radical (unpaired) electrons. The van der Waals surface area contributed by atoms with E-state index in [1.807, 2.05) is 24.3 Å². The van der Waals surface area contributed by atoms with Gasteiger partial charge in [0.1, 0.15) is 9.23 Å². The van der Waals surface area contributed by atoms with Gasteiger partial charge in [0.15, 0.2) is 0 Å². The predicted molar refractivity (Wildman–Crippen MR) is 88.8 cm³/mol. The van der Waals surface area contributed by atoms with E-state index in [4.69, 9.17) is 23.2 Å². The summed E-state index contributed by atoms with van der Waals surface area (Å²) in [5.41, 5.74) is 2.15. The molecule has 0 aliphatic carbocycles. The molecule has 0 bridgehead atoms. The van der Waals surface area contributed by atoms with Crippen molar-refractivity contribution in [1.82, 2.24) is 4.31 Å². The van der Waals surface area contributed by atoms with Crippen LogP contribution in [0.25, 0.3) is 0 Å². The molecule has 0 aliphatic heterocycles. The first-order valence-corrected chi connectivity index (χ1v) is 9.35. The van der Waals surface area contributed by atoms with Crippen LogP contribution < -0.4 is 0 Å². The van der Waals surface area contributed by atoms with E-state index in [0.29, 0.717) is 4.34 Å². The molecular formula is C14H15Cl2NO2S2. The number of hydrogen-bond acceptors (Lipinski definition) is 3. The lowest BCUT2D eigenvalue weighted by molar-refractivity contribution is 0.467. The fourth-order valence-corrected chi connectivity index (χ4v) is 5.16. The average molecular weight is 364 g/mol. The third-order valence-electron chi connectivity index (χ3n) is 3.15. The Morgan fingerprint density at radius 3 is 2.19 bits per heavy atom. The maximum absolute atomic E-state index is 12.5. The van der Waals surface area contributed by atoms with Crippen LogP contribution in [0.4, 0.5) is 0 Å². The Morgan fingerprint density at radius 1 is 1.14 bits per heavy atom. The van der Waals surface area contributed by atoms with E-state index in [2.05, 4.69) is 6.92 Å². The fourth-order valence-electron chi connectivity index (χ4n) is 1.89. The van der Waals surface area contributed by atoms with E-state index in [9.17, 15) is 8.42 Å². The van der Waals surface area contributed by atoms with Crippen LogP contribution in [-0.2, 0) is 23.0 Å². The van der Waals surface area contributed by atoms with Gasteiger partial charge in [-0.05, 0) is 23.6 Å². The van der Waals surface area contributed by atoms with Crippen molar-refractivity contribution >= 4 is 44.6 Å². The number of halogens is 2. The topological polar surface area (TPSA) is 37.4 Å². The van der Waals surface area contributed by atoms with Crippen molar-refractivity contribution in [3.8, 4) is 0 Å². The van der Waals surface area contributed by atoms with Crippen molar-refractivity contribution in [3.05, 3.63) is 50.1 Å². The largest absolute Gasteiger partial charge is 0.245 e. The van der Waals surface area contributed by atoms with Crippen LogP contribution in [0.1, 0.15) is 18.1 Å². The van der Waals surface area contributed by atoms with Crippen molar-refractivity contribution in [2.45, 2.75) is 24.8 Å². The summed E-state index contributed by atoms with van der Waals surface area (Å²) in [4.78, 5) is 0.0619. The highest BCUT2D eigenvalue weighted by atomic mass is 35.5. The summed E-state index contributed by atoms with van der Waals surface area (Å²) in [6.45, 7) is 2.37. The van der Waals surface area contributed by atoms with Gasteiger partial charge in [0.25, 0.3) is 0 Å². The smallest absolute Gasteiger partial charge is 0.207 e. The molecule has 0 unspecified atom stereocenters.